The van der Waals surface area contributed by atoms with E-state index in [1.807, 2.05) is 35.4 Å². The van der Waals surface area contributed by atoms with Crippen molar-refractivity contribution < 1.29 is 4.79 Å². The van der Waals surface area contributed by atoms with E-state index >= 15 is 0 Å². The van der Waals surface area contributed by atoms with E-state index in [1.54, 1.807) is 6.20 Å². The molecule has 0 aromatic carbocycles. The lowest BCUT2D eigenvalue weighted by Gasteiger charge is -2.36. The zero-order valence-corrected chi connectivity index (χ0v) is 15.8. The maximum absolute atomic E-state index is 12.9. The van der Waals surface area contributed by atoms with Gasteiger partial charge in [0.25, 0.3) is 5.91 Å². The molecule has 4 rings (SSSR count). The van der Waals surface area contributed by atoms with Gasteiger partial charge in [0.15, 0.2) is 0 Å². The molecule has 0 N–H and O–H groups in total. The maximum atomic E-state index is 12.9. The number of piperazine rings is 1. The summed E-state index contributed by atoms with van der Waals surface area (Å²) in [6.07, 6.45) is 8.24. The van der Waals surface area contributed by atoms with Crippen molar-refractivity contribution in [3.8, 4) is 0 Å². The van der Waals surface area contributed by atoms with E-state index < -0.39 is 0 Å². The van der Waals surface area contributed by atoms with Crippen LogP contribution in [0.1, 0.15) is 36.2 Å². The second kappa shape index (κ2) is 8.37. The monoisotopic (exact) mass is 365 g/mol. The molecule has 6 nitrogen and oxygen atoms in total. The van der Waals surface area contributed by atoms with Crippen molar-refractivity contribution in [2.24, 2.45) is 0 Å². The fraction of sp³-hybridized carbons (Fsp3) is 0.476. The number of hydrogen-bond acceptors (Lipinski definition) is 5. The van der Waals surface area contributed by atoms with Gasteiger partial charge in [0.2, 0.25) is 0 Å². The number of anilines is 2. The fourth-order valence-electron chi connectivity index (χ4n) is 3.90. The van der Waals surface area contributed by atoms with Crippen molar-refractivity contribution in [3.63, 3.8) is 0 Å². The molecule has 0 saturated carbocycles. The molecule has 4 heterocycles. The van der Waals surface area contributed by atoms with Gasteiger partial charge in [0.1, 0.15) is 11.5 Å². The molecule has 2 aliphatic heterocycles. The summed E-state index contributed by atoms with van der Waals surface area (Å²) in [5, 5.41) is 0. The molecule has 0 aliphatic carbocycles. The lowest BCUT2D eigenvalue weighted by atomic mass is 10.2. The Balaban J connectivity index is 1.41. The van der Waals surface area contributed by atoms with Crippen LogP contribution in [-0.2, 0) is 0 Å². The maximum Gasteiger partial charge on any atom is 0.272 e. The van der Waals surface area contributed by atoms with Gasteiger partial charge in [0, 0.05) is 57.3 Å². The molecule has 142 valence electrons. The first-order valence-corrected chi connectivity index (χ1v) is 9.97. The largest absolute Gasteiger partial charge is 0.368 e. The molecular weight excluding hydrogens is 338 g/mol. The molecule has 0 bridgehead atoms. The quantitative estimate of drug-likeness (QED) is 0.837. The van der Waals surface area contributed by atoms with Crippen molar-refractivity contribution in [2.45, 2.75) is 25.7 Å². The molecular formula is C21H27N5O. The van der Waals surface area contributed by atoms with Crippen LogP contribution >= 0.6 is 0 Å². The number of aromatic nitrogens is 2. The molecule has 2 aliphatic rings. The zero-order valence-electron chi connectivity index (χ0n) is 15.8. The minimum absolute atomic E-state index is 0.0749. The topological polar surface area (TPSA) is 52.6 Å². The molecule has 27 heavy (non-hydrogen) atoms. The molecule has 2 aromatic heterocycles. The Labute approximate surface area is 160 Å². The third kappa shape index (κ3) is 4.21. The molecule has 0 atom stereocenters. The van der Waals surface area contributed by atoms with E-state index in [1.165, 1.54) is 12.8 Å². The number of nitrogens with zero attached hydrogens (tertiary/aromatic N) is 5. The highest BCUT2D eigenvalue weighted by Crippen LogP contribution is 2.20. The Morgan fingerprint density at radius 2 is 1.52 bits per heavy atom. The van der Waals surface area contributed by atoms with E-state index in [-0.39, 0.29) is 5.91 Å². The number of likely N-dealkylation sites (tertiary alicyclic amines) is 1. The molecule has 2 saturated heterocycles. The molecule has 0 spiro atoms. The summed E-state index contributed by atoms with van der Waals surface area (Å²) in [5.41, 5.74) is 1.66. The van der Waals surface area contributed by atoms with Crippen LogP contribution in [0, 0.1) is 0 Å². The summed E-state index contributed by atoms with van der Waals surface area (Å²) >= 11 is 0. The van der Waals surface area contributed by atoms with Gasteiger partial charge in [-0.3, -0.25) is 9.78 Å². The highest BCUT2D eigenvalue weighted by Gasteiger charge is 2.22. The van der Waals surface area contributed by atoms with Crippen molar-refractivity contribution >= 4 is 17.4 Å². The summed E-state index contributed by atoms with van der Waals surface area (Å²) in [6, 6.07) is 10.00. The van der Waals surface area contributed by atoms with Gasteiger partial charge in [-0.2, -0.15) is 0 Å². The average molecular weight is 365 g/mol. The van der Waals surface area contributed by atoms with Crippen LogP contribution in [0.25, 0.3) is 0 Å². The fourth-order valence-corrected chi connectivity index (χ4v) is 3.90. The number of pyridine rings is 2. The molecule has 0 unspecified atom stereocenters. The summed E-state index contributed by atoms with van der Waals surface area (Å²) in [4.78, 5) is 28.3. The van der Waals surface area contributed by atoms with Gasteiger partial charge in [0.05, 0.1) is 0 Å². The Hall–Kier alpha value is -2.63. The summed E-state index contributed by atoms with van der Waals surface area (Å²) in [6.45, 7) is 5.39. The van der Waals surface area contributed by atoms with Crippen molar-refractivity contribution in [2.75, 3.05) is 49.1 Å². The first-order chi connectivity index (χ1) is 13.3. The predicted molar refractivity (Wildman–Crippen MR) is 107 cm³/mol. The second-order valence-corrected chi connectivity index (χ2v) is 7.27. The van der Waals surface area contributed by atoms with Crippen LogP contribution in [0.5, 0.6) is 0 Å². The third-order valence-electron chi connectivity index (χ3n) is 5.47. The molecule has 2 aromatic rings. The number of carbonyl (C=O) groups excluding carboxylic acids is 1. The van der Waals surface area contributed by atoms with Crippen LogP contribution in [-0.4, -0.2) is 60.0 Å². The number of carbonyl (C=O) groups is 1. The van der Waals surface area contributed by atoms with Gasteiger partial charge in [-0.25, -0.2) is 4.98 Å². The van der Waals surface area contributed by atoms with E-state index in [0.29, 0.717) is 5.69 Å². The average Bonchev–Trinajstić information content (AvgIpc) is 3.04. The predicted octanol–water partition coefficient (Wildman–Crippen LogP) is 2.82. The standard InChI is InChI=1S/C21H27N5O/c27-21(26-11-5-1-2-6-12-26)19-17-18(8-10-22-19)24-13-15-25(16-14-24)20-7-3-4-9-23-20/h3-4,7-10,17H,1-2,5-6,11-16H2. The van der Waals surface area contributed by atoms with E-state index in [0.717, 1.165) is 63.6 Å². The minimum Gasteiger partial charge on any atom is -0.368 e. The van der Waals surface area contributed by atoms with E-state index in [2.05, 4.69) is 25.8 Å². The number of amides is 1. The van der Waals surface area contributed by atoms with Gasteiger partial charge in [-0.1, -0.05) is 18.9 Å². The van der Waals surface area contributed by atoms with Gasteiger partial charge >= 0.3 is 0 Å². The lowest BCUT2D eigenvalue weighted by Crippen LogP contribution is -2.46. The SMILES string of the molecule is O=C(c1cc(N2CCN(c3ccccn3)CC2)ccn1)N1CCCCCC1. The van der Waals surface area contributed by atoms with Crippen LogP contribution in [0.2, 0.25) is 0 Å². The summed E-state index contributed by atoms with van der Waals surface area (Å²) in [5.74, 6) is 1.11. The van der Waals surface area contributed by atoms with Crippen LogP contribution < -0.4 is 9.80 Å². The Morgan fingerprint density at radius 3 is 2.22 bits per heavy atom. The number of hydrogen-bond donors (Lipinski definition) is 0. The molecule has 6 heteroatoms. The van der Waals surface area contributed by atoms with Gasteiger partial charge in [-0.15, -0.1) is 0 Å². The van der Waals surface area contributed by atoms with Gasteiger partial charge in [-0.05, 0) is 37.1 Å². The smallest absolute Gasteiger partial charge is 0.272 e. The highest BCUT2D eigenvalue weighted by atomic mass is 16.2. The van der Waals surface area contributed by atoms with Gasteiger partial charge < -0.3 is 14.7 Å². The molecule has 1 amide bonds. The van der Waals surface area contributed by atoms with Crippen molar-refractivity contribution in [1.82, 2.24) is 14.9 Å². The Kier molecular flexibility index (Phi) is 5.51. The highest BCUT2D eigenvalue weighted by molar-refractivity contribution is 5.93. The molecule has 2 fully saturated rings. The van der Waals surface area contributed by atoms with E-state index in [9.17, 15) is 4.79 Å². The van der Waals surface area contributed by atoms with E-state index in [4.69, 9.17) is 0 Å². The summed E-state index contributed by atoms with van der Waals surface area (Å²) in [7, 11) is 0. The van der Waals surface area contributed by atoms with Crippen molar-refractivity contribution in [3.05, 3.63) is 48.4 Å². The van der Waals surface area contributed by atoms with Crippen LogP contribution in [0.3, 0.4) is 0 Å². The van der Waals surface area contributed by atoms with Crippen molar-refractivity contribution in [1.29, 1.82) is 0 Å². The lowest BCUT2D eigenvalue weighted by molar-refractivity contribution is 0.0756. The van der Waals surface area contributed by atoms with Crippen LogP contribution in [0.4, 0.5) is 11.5 Å². The second-order valence-electron chi connectivity index (χ2n) is 7.27. The Morgan fingerprint density at radius 1 is 0.778 bits per heavy atom. The summed E-state index contributed by atoms with van der Waals surface area (Å²) < 4.78 is 0. The Bertz CT molecular complexity index is 750. The normalized spacial score (nSPS) is 18.3. The first kappa shape index (κ1) is 17.8. The number of rotatable bonds is 3. The minimum atomic E-state index is 0.0749. The molecule has 0 radical (unpaired) electrons. The van der Waals surface area contributed by atoms with Crippen LogP contribution in [0.15, 0.2) is 42.7 Å². The zero-order chi connectivity index (χ0) is 18.5. The first-order valence-electron chi connectivity index (χ1n) is 9.97. The third-order valence-corrected chi connectivity index (χ3v) is 5.47.